The monoisotopic (exact) mass is 457 g/mol. The van der Waals surface area contributed by atoms with Crippen molar-refractivity contribution in [2.75, 3.05) is 6.54 Å². The molecule has 0 saturated carbocycles. The molecule has 33 heavy (non-hydrogen) atoms. The van der Waals surface area contributed by atoms with Gasteiger partial charge < -0.3 is 0 Å². The molecule has 0 aromatic heterocycles. The van der Waals surface area contributed by atoms with Crippen molar-refractivity contribution < 1.29 is 9.72 Å². The van der Waals surface area contributed by atoms with Gasteiger partial charge in [0.05, 0.1) is 15.5 Å². The lowest BCUT2D eigenvalue weighted by Gasteiger charge is -2.15. The number of amides is 1. The number of carbonyl (C=O) groups is 1. The van der Waals surface area contributed by atoms with Gasteiger partial charge in [-0.1, -0.05) is 60.2 Å². The first-order chi connectivity index (χ1) is 15.9. The number of nitro benzene ring substituents is 1. The quantitative estimate of drug-likeness (QED) is 0.256. The summed E-state index contributed by atoms with van der Waals surface area (Å²) in [4.78, 5) is 31.1. The van der Waals surface area contributed by atoms with E-state index in [0.29, 0.717) is 34.2 Å². The van der Waals surface area contributed by atoms with Crippen LogP contribution in [0.15, 0.2) is 82.7 Å². The zero-order valence-electron chi connectivity index (χ0n) is 18.4. The van der Waals surface area contributed by atoms with Gasteiger partial charge >= 0.3 is 0 Å². The minimum absolute atomic E-state index is 0.0364. The number of thioether (sulfide) groups is 1. The summed E-state index contributed by atoms with van der Waals surface area (Å²) < 4.78 is 0. The highest BCUT2D eigenvalue weighted by Crippen LogP contribution is 2.35. The summed E-state index contributed by atoms with van der Waals surface area (Å²) in [5.74, 6) is -0.148. The van der Waals surface area contributed by atoms with Crippen LogP contribution in [0.5, 0.6) is 0 Å². The first-order valence-corrected chi connectivity index (χ1v) is 11.4. The lowest BCUT2D eigenvalue weighted by atomic mass is 10.1. The number of hydrogen-bond acceptors (Lipinski definition) is 5. The zero-order chi connectivity index (χ0) is 23.4. The van der Waals surface area contributed by atoms with Gasteiger partial charge in [0.15, 0.2) is 5.17 Å². The summed E-state index contributed by atoms with van der Waals surface area (Å²) in [5, 5.41) is 11.9. The maximum Gasteiger partial charge on any atom is 0.272 e. The summed E-state index contributed by atoms with van der Waals surface area (Å²) in [6.45, 7) is 4.20. The Kier molecular flexibility index (Phi) is 6.70. The third kappa shape index (κ3) is 5.38. The fraction of sp³-hybridized carbons (Fsp3) is 0.154. The lowest BCUT2D eigenvalue weighted by molar-refractivity contribution is -0.385. The highest BCUT2D eigenvalue weighted by Gasteiger charge is 2.33. The molecule has 0 spiro atoms. The molecule has 0 bridgehead atoms. The number of nitrogens with zero attached hydrogens (tertiary/aromatic N) is 3. The van der Waals surface area contributed by atoms with Gasteiger partial charge in [-0.25, -0.2) is 4.99 Å². The van der Waals surface area contributed by atoms with Crippen molar-refractivity contribution in [2.24, 2.45) is 4.99 Å². The molecule has 3 aromatic rings. The Balaban J connectivity index is 1.66. The lowest BCUT2D eigenvalue weighted by Crippen LogP contribution is -2.31. The molecule has 1 saturated heterocycles. The summed E-state index contributed by atoms with van der Waals surface area (Å²) in [6.07, 6.45) is 2.40. The number of amidine groups is 1. The molecule has 1 amide bonds. The highest BCUT2D eigenvalue weighted by atomic mass is 32.2. The molecular weight excluding hydrogens is 434 g/mol. The molecule has 0 radical (unpaired) electrons. The smallest absolute Gasteiger partial charge is 0.272 e. The van der Waals surface area contributed by atoms with E-state index in [9.17, 15) is 14.9 Å². The first kappa shape index (κ1) is 22.5. The molecule has 0 atom stereocenters. The second-order valence-corrected chi connectivity index (χ2v) is 8.85. The molecule has 1 fully saturated rings. The molecule has 1 aliphatic heterocycles. The molecule has 1 heterocycles. The SMILES string of the molecule is Cc1ccc(N=C2S/C(=C/c3ccc(C)c([N+](=O)[O-])c3)C(=O)N2CCc2ccccc2)cc1. The van der Waals surface area contributed by atoms with Crippen molar-refractivity contribution in [2.45, 2.75) is 20.3 Å². The van der Waals surface area contributed by atoms with E-state index in [1.54, 1.807) is 30.0 Å². The number of aliphatic imine (C=N–C) groups is 1. The van der Waals surface area contributed by atoms with Crippen LogP contribution in [0.2, 0.25) is 0 Å². The topological polar surface area (TPSA) is 75.8 Å². The molecule has 0 aliphatic carbocycles. The van der Waals surface area contributed by atoms with Crippen molar-refractivity contribution in [3.63, 3.8) is 0 Å². The van der Waals surface area contributed by atoms with Gasteiger partial charge in [0.2, 0.25) is 0 Å². The van der Waals surface area contributed by atoms with Gasteiger partial charge in [-0.2, -0.15) is 0 Å². The molecule has 6 nitrogen and oxygen atoms in total. The number of rotatable bonds is 6. The molecule has 4 rings (SSSR count). The van der Waals surface area contributed by atoms with Crippen molar-refractivity contribution in [3.05, 3.63) is 110 Å². The zero-order valence-corrected chi connectivity index (χ0v) is 19.2. The molecule has 166 valence electrons. The van der Waals surface area contributed by atoms with Crippen LogP contribution >= 0.6 is 11.8 Å². The minimum atomic E-state index is -0.405. The van der Waals surface area contributed by atoms with E-state index in [1.807, 2.05) is 61.5 Å². The second kappa shape index (κ2) is 9.83. The number of nitro groups is 1. The fourth-order valence-corrected chi connectivity index (χ4v) is 4.49. The van der Waals surface area contributed by atoms with Crippen molar-refractivity contribution in [3.8, 4) is 0 Å². The van der Waals surface area contributed by atoms with Crippen LogP contribution in [0.1, 0.15) is 22.3 Å². The summed E-state index contributed by atoms with van der Waals surface area (Å²) in [7, 11) is 0. The normalized spacial score (nSPS) is 16.1. The number of aryl methyl sites for hydroxylation is 2. The number of benzene rings is 3. The minimum Gasteiger partial charge on any atom is -0.286 e. The van der Waals surface area contributed by atoms with Crippen molar-refractivity contribution in [1.82, 2.24) is 4.90 Å². The average Bonchev–Trinajstić information content (AvgIpc) is 3.09. The third-order valence-electron chi connectivity index (χ3n) is 5.34. The van der Waals surface area contributed by atoms with E-state index in [2.05, 4.69) is 0 Å². The van der Waals surface area contributed by atoms with Gasteiger partial charge in [0.1, 0.15) is 0 Å². The largest absolute Gasteiger partial charge is 0.286 e. The van der Waals surface area contributed by atoms with Crippen molar-refractivity contribution in [1.29, 1.82) is 0 Å². The van der Waals surface area contributed by atoms with E-state index < -0.39 is 4.92 Å². The Morgan fingerprint density at radius 1 is 1.03 bits per heavy atom. The Morgan fingerprint density at radius 3 is 2.45 bits per heavy atom. The van der Waals surface area contributed by atoms with Crippen molar-refractivity contribution >= 4 is 40.3 Å². The van der Waals surface area contributed by atoms with E-state index in [0.717, 1.165) is 16.8 Å². The summed E-state index contributed by atoms with van der Waals surface area (Å²) in [5.41, 5.74) is 4.27. The van der Waals surface area contributed by atoms with Crippen LogP contribution in [0.3, 0.4) is 0 Å². The number of hydrogen-bond donors (Lipinski definition) is 0. The Hall–Kier alpha value is -3.71. The van der Waals surface area contributed by atoms with Crippen LogP contribution in [0.25, 0.3) is 6.08 Å². The third-order valence-corrected chi connectivity index (χ3v) is 6.35. The predicted octanol–water partition coefficient (Wildman–Crippen LogP) is 6.06. The van der Waals surface area contributed by atoms with E-state index in [4.69, 9.17) is 4.99 Å². The van der Waals surface area contributed by atoms with E-state index in [-0.39, 0.29) is 11.6 Å². The summed E-state index contributed by atoms with van der Waals surface area (Å²) >= 11 is 1.29. The maximum atomic E-state index is 13.3. The molecule has 0 N–H and O–H groups in total. The van der Waals surface area contributed by atoms with Gasteiger partial charge in [-0.15, -0.1) is 0 Å². The molecule has 3 aromatic carbocycles. The Morgan fingerprint density at radius 2 is 1.76 bits per heavy atom. The maximum absolute atomic E-state index is 13.3. The van der Waals surface area contributed by atoms with Gasteiger partial charge in [0.25, 0.3) is 11.6 Å². The van der Waals surface area contributed by atoms with Crippen LogP contribution < -0.4 is 0 Å². The first-order valence-electron chi connectivity index (χ1n) is 10.6. The molecule has 0 unspecified atom stereocenters. The number of carbonyl (C=O) groups excluding carboxylic acids is 1. The predicted molar refractivity (Wildman–Crippen MR) is 134 cm³/mol. The van der Waals surface area contributed by atoms with Crippen LogP contribution in [-0.4, -0.2) is 27.4 Å². The van der Waals surface area contributed by atoms with E-state index >= 15 is 0 Å². The molecular formula is C26H23N3O3S. The summed E-state index contributed by atoms with van der Waals surface area (Å²) in [6, 6.07) is 22.8. The fourth-order valence-electron chi connectivity index (χ4n) is 3.47. The standard InChI is InChI=1S/C26H23N3O3S/c1-18-8-12-22(13-9-18)27-26-28(15-14-20-6-4-3-5-7-20)25(30)24(33-26)17-21-11-10-19(2)23(16-21)29(31)32/h3-13,16-17H,14-15H2,1-2H3/b24-17+,27-26?. The Labute approximate surface area is 196 Å². The van der Waals surface area contributed by atoms with E-state index in [1.165, 1.54) is 17.8 Å². The van der Waals surface area contributed by atoms with Gasteiger partial charge in [0, 0.05) is 18.2 Å². The second-order valence-electron chi connectivity index (χ2n) is 7.84. The highest BCUT2D eigenvalue weighted by molar-refractivity contribution is 8.18. The van der Waals surface area contributed by atoms with Crippen LogP contribution in [-0.2, 0) is 11.2 Å². The molecule has 7 heteroatoms. The van der Waals surface area contributed by atoms with Crippen LogP contribution in [0.4, 0.5) is 11.4 Å². The Bertz CT molecular complexity index is 1250. The van der Waals surface area contributed by atoms with Gasteiger partial charge in [-0.3, -0.25) is 19.8 Å². The van der Waals surface area contributed by atoms with Crippen LogP contribution in [0, 0.1) is 24.0 Å². The van der Waals surface area contributed by atoms with Gasteiger partial charge in [-0.05, 0) is 61.4 Å². The molecule has 1 aliphatic rings. The average molecular weight is 458 g/mol.